The van der Waals surface area contributed by atoms with E-state index in [1.807, 2.05) is 0 Å². The van der Waals surface area contributed by atoms with E-state index < -0.39 is 11.9 Å². The lowest BCUT2D eigenvalue weighted by molar-refractivity contribution is 0.102. The number of hydrogen-bond donors (Lipinski definition) is 2. The molecule has 2 N–H and O–H groups in total. The number of aromatic nitrogens is 2. The van der Waals surface area contributed by atoms with Gasteiger partial charge in [-0.15, -0.1) is 0 Å². The van der Waals surface area contributed by atoms with Gasteiger partial charge in [0.15, 0.2) is 11.3 Å². The summed E-state index contributed by atoms with van der Waals surface area (Å²) in [6, 6.07) is 5.42. The van der Waals surface area contributed by atoms with Gasteiger partial charge in [-0.25, -0.2) is 9.97 Å². The van der Waals surface area contributed by atoms with Gasteiger partial charge in [-0.3, -0.25) is 4.79 Å². The summed E-state index contributed by atoms with van der Waals surface area (Å²) in [5.41, 5.74) is 1.33. The molecule has 9 heteroatoms. The predicted octanol–water partition coefficient (Wildman–Crippen LogP) is 4.73. The molecule has 0 radical (unpaired) electrons. The number of phenols is 1. The minimum Gasteiger partial charge on any atom is -0.504 e. The molecule has 4 rings (SSSR count). The smallest absolute Gasteiger partial charge is 0.260 e. The average Bonchev–Trinajstić information content (AvgIpc) is 3.15. The maximum atomic E-state index is 13.5. The zero-order valence-corrected chi connectivity index (χ0v) is 14.3. The number of hydrogen-bond acceptors (Lipinski definition) is 5. The molecule has 0 atom stereocenters. The van der Waals surface area contributed by atoms with E-state index in [0.717, 1.165) is 6.07 Å². The van der Waals surface area contributed by atoms with Gasteiger partial charge in [0.05, 0.1) is 22.5 Å². The Balaban J connectivity index is 1.79. The Morgan fingerprint density at radius 2 is 2.04 bits per heavy atom. The number of nitrogens with zero attached hydrogens (tertiary/aromatic N) is 2. The second kappa shape index (κ2) is 6.12. The van der Waals surface area contributed by atoms with Crippen molar-refractivity contribution in [2.45, 2.75) is 0 Å². The fraction of sp³-hybridized carbons (Fsp3) is 0. The SMILES string of the molecule is O=C(Nc1cnc(Cl)c(Cl)c1)c1c(-c2ccnc(F)c2)c2oc1cc2O. The molecule has 4 aromatic heterocycles. The van der Waals surface area contributed by atoms with Crippen LogP contribution in [-0.2, 0) is 0 Å². The van der Waals surface area contributed by atoms with Gasteiger partial charge >= 0.3 is 0 Å². The fourth-order valence-electron chi connectivity index (χ4n) is 2.66. The third-order valence-corrected chi connectivity index (χ3v) is 4.42. The highest BCUT2D eigenvalue weighted by molar-refractivity contribution is 6.41. The Hall–Kier alpha value is -2.90. The lowest BCUT2D eigenvalue weighted by Gasteiger charge is -2.08. The van der Waals surface area contributed by atoms with E-state index in [1.165, 1.54) is 30.6 Å². The van der Waals surface area contributed by atoms with E-state index in [2.05, 4.69) is 15.3 Å². The van der Waals surface area contributed by atoms with Crippen molar-refractivity contribution in [1.29, 1.82) is 0 Å². The van der Waals surface area contributed by atoms with Gasteiger partial charge < -0.3 is 14.8 Å². The van der Waals surface area contributed by atoms with E-state index >= 15 is 0 Å². The largest absolute Gasteiger partial charge is 0.504 e. The van der Waals surface area contributed by atoms with Crippen LogP contribution in [0, 0.1) is 5.95 Å². The Labute approximate surface area is 155 Å². The Kier molecular flexibility index (Phi) is 3.90. The van der Waals surface area contributed by atoms with E-state index in [4.69, 9.17) is 27.6 Å². The zero-order valence-electron chi connectivity index (χ0n) is 12.8. The van der Waals surface area contributed by atoms with E-state index in [9.17, 15) is 14.3 Å². The summed E-state index contributed by atoms with van der Waals surface area (Å²) in [7, 11) is 0. The van der Waals surface area contributed by atoms with Crippen molar-refractivity contribution < 1.29 is 18.7 Å². The molecule has 6 nitrogen and oxygen atoms in total. The van der Waals surface area contributed by atoms with E-state index in [0.29, 0.717) is 11.3 Å². The van der Waals surface area contributed by atoms with Crippen LogP contribution < -0.4 is 5.32 Å². The van der Waals surface area contributed by atoms with Crippen LogP contribution in [-0.4, -0.2) is 21.0 Å². The Morgan fingerprint density at radius 3 is 2.77 bits per heavy atom. The monoisotopic (exact) mass is 391 g/mol. The van der Waals surface area contributed by atoms with Crippen LogP contribution in [0.1, 0.15) is 10.4 Å². The van der Waals surface area contributed by atoms with E-state index in [-0.39, 0.29) is 38.2 Å². The van der Waals surface area contributed by atoms with Gasteiger partial charge in [-0.2, -0.15) is 4.39 Å². The maximum absolute atomic E-state index is 13.5. The molecule has 0 aliphatic carbocycles. The lowest BCUT2D eigenvalue weighted by atomic mass is 9.99. The number of furan rings is 2. The number of phenolic OH excluding ortho intramolecular Hbond substituents is 1. The quantitative estimate of drug-likeness (QED) is 0.492. The van der Waals surface area contributed by atoms with Crippen molar-refractivity contribution in [2.24, 2.45) is 0 Å². The normalized spacial score (nSPS) is 11.2. The minimum atomic E-state index is -0.722. The van der Waals surface area contributed by atoms with Crippen molar-refractivity contribution >= 4 is 46.0 Å². The molecule has 0 saturated heterocycles. The predicted molar refractivity (Wildman–Crippen MR) is 94.5 cm³/mol. The molecule has 0 fully saturated rings. The molecule has 26 heavy (non-hydrogen) atoms. The van der Waals surface area contributed by atoms with Crippen LogP contribution in [0.4, 0.5) is 10.1 Å². The summed E-state index contributed by atoms with van der Waals surface area (Å²) >= 11 is 11.7. The second-order valence-electron chi connectivity index (χ2n) is 5.39. The van der Waals surface area contributed by atoms with Gasteiger partial charge in [0.1, 0.15) is 10.7 Å². The number of pyridine rings is 2. The third kappa shape index (κ3) is 2.71. The van der Waals surface area contributed by atoms with Gasteiger partial charge in [-0.05, 0) is 17.7 Å². The van der Waals surface area contributed by atoms with Crippen LogP contribution in [0.5, 0.6) is 5.75 Å². The number of nitrogens with one attached hydrogen (secondary N) is 1. The highest BCUT2D eigenvalue weighted by atomic mass is 35.5. The molecule has 4 heterocycles. The first-order chi connectivity index (χ1) is 12.4. The Bertz CT molecular complexity index is 1150. The summed E-state index contributed by atoms with van der Waals surface area (Å²) in [5.74, 6) is -1.40. The maximum Gasteiger partial charge on any atom is 0.260 e. The number of amides is 1. The summed E-state index contributed by atoms with van der Waals surface area (Å²) < 4.78 is 19.0. The number of fused-ring (bicyclic) bond motifs is 2. The first-order valence-corrected chi connectivity index (χ1v) is 8.02. The molecule has 0 saturated carbocycles. The minimum absolute atomic E-state index is 0.0861. The van der Waals surface area contributed by atoms with Crippen LogP contribution in [0.15, 0.2) is 41.1 Å². The molecule has 0 aromatic carbocycles. The number of rotatable bonds is 3. The molecule has 0 aliphatic heterocycles. The zero-order chi connectivity index (χ0) is 18.4. The molecule has 4 aromatic rings. The van der Waals surface area contributed by atoms with Crippen molar-refractivity contribution in [3.8, 4) is 16.9 Å². The van der Waals surface area contributed by atoms with Gasteiger partial charge in [0, 0.05) is 23.9 Å². The summed E-state index contributed by atoms with van der Waals surface area (Å²) in [6.45, 7) is 0. The standard InChI is InChI=1S/C17H8Cl2FN3O3/c18-9-4-8(6-22-16(9)19)23-17(25)14-11-5-10(24)15(26-11)13(14)7-1-2-21-12(20)3-7/h1-6,24H,(H,23,25). The first kappa shape index (κ1) is 16.6. The number of carbonyl (C=O) groups is 1. The fourth-order valence-corrected chi connectivity index (χ4v) is 2.93. The Morgan fingerprint density at radius 1 is 1.23 bits per heavy atom. The highest BCUT2D eigenvalue weighted by Crippen LogP contribution is 2.43. The van der Waals surface area contributed by atoms with Crippen molar-refractivity contribution in [3.63, 3.8) is 0 Å². The first-order valence-electron chi connectivity index (χ1n) is 7.26. The van der Waals surface area contributed by atoms with Crippen LogP contribution in [0.3, 0.4) is 0 Å². The number of anilines is 1. The van der Waals surface area contributed by atoms with Crippen LogP contribution in [0.25, 0.3) is 22.3 Å². The summed E-state index contributed by atoms with van der Waals surface area (Å²) in [6.07, 6.45) is 2.60. The molecular formula is C17H8Cl2FN3O3. The number of halogens is 3. The molecule has 2 bridgehead atoms. The van der Waals surface area contributed by atoms with Gasteiger partial charge in [0.25, 0.3) is 5.91 Å². The second-order valence-corrected chi connectivity index (χ2v) is 6.16. The summed E-state index contributed by atoms with van der Waals surface area (Å²) in [5, 5.41) is 12.9. The molecule has 130 valence electrons. The summed E-state index contributed by atoms with van der Waals surface area (Å²) in [4.78, 5) is 20.1. The molecular weight excluding hydrogens is 384 g/mol. The number of benzene rings is 1. The lowest BCUT2D eigenvalue weighted by Crippen LogP contribution is -2.13. The topological polar surface area (TPSA) is 88.3 Å². The molecule has 0 unspecified atom stereocenters. The third-order valence-electron chi connectivity index (χ3n) is 3.73. The van der Waals surface area contributed by atoms with Crippen molar-refractivity contribution in [3.05, 3.63) is 58.3 Å². The average molecular weight is 392 g/mol. The van der Waals surface area contributed by atoms with Crippen molar-refractivity contribution in [2.75, 3.05) is 5.32 Å². The molecule has 0 aliphatic rings. The van der Waals surface area contributed by atoms with Crippen molar-refractivity contribution in [1.82, 2.24) is 9.97 Å². The molecule has 1 amide bonds. The number of carbonyl (C=O) groups excluding carboxylic acids is 1. The van der Waals surface area contributed by atoms with Gasteiger partial charge in [-0.1, -0.05) is 23.2 Å². The highest BCUT2D eigenvalue weighted by Gasteiger charge is 2.27. The number of aromatic hydroxyl groups is 1. The van der Waals surface area contributed by atoms with E-state index in [1.54, 1.807) is 0 Å². The van der Waals surface area contributed by atoms with Gasteiger partial charge in [0.2, 0.25) is 5.95 Å². The van der Waals surface area contributed by atoms with Crippen LogP contribution >= 0.6 is 23.2 Å². The van der Waals surface area contributed by atoms with Crippen LogP contribution in [0.2, 0.25) is 10.2 Å². The molecule has 0 spiro atoms.